The predicted octanol–water partition coefficient (Wildman–Crippen LogP) is 1.39. The van der Waals surface area contributed by atoms with Gasteiger partial charge in [-0.3, -0.25) is 4.79 Å². The summed E-state index contributed by atoms with van der Waals surface area (Å²) in [6.45, 7) is 4.36. The predicted molar refractivity (Wildman–Crippen MR) is 93.2 cm³/mol. The van der Waals surface area contributed by atoms with Crippen LogP contribution in [-0.2, 0) is 9.53 Å². The van der Waals surface area contributed by atoms with Crippen LogP contribution >= 0.6 is 0 Å². The van der Waals surface area contributed by atoms with E-state index in [0.29, 0.717) is 39.4 Å². The Morgan fingerprint density at radius 1 is 1.12 bits per heavy atom. The Kier molecular flexibility index (Phi) is 4.15. The van der Waals surface area contributed by atoms with E-state index in [1.54, 1.807) is 0 Å². The monoisotopic (exact) mass is 343 g/mol. The number of carbonyl (C=O) groups excluding carboxylic acids is 2. The van der Waals surface area contributed by atoms with Crippen LogP contribution < -0.4 is 0 Å². The quantitative estimate of drug-likeness (QED) is 0.774. The summed E-state index contributed by atoms with van der Waals surface area (Å²) in [5.41, 5.74) is 0.721. The lowest BCUT2D eigenvalue weighted by molar-refractivity contribution is -0.134. The summed E-state index contributed by atoms with van der Waals surface area (Å²) >= 11 is 0. The number of carbonyl (C=O) groups is 2. The zero-order valence-electron chi connectivity index (χ0n) is 14.7. The Morgan fingerprint density at radius 3 is 2.56 bits per heavy atom. The number of benzene rings is 1. The zero-order chi connectivity index (χ0) is 17.4. The normalized spacial score (nSPS) is 29.7. The molecule has 0 bridgehead atoms. The van der Waals surface area contributed by atoms with Gasteiger partial charge in [-0.25, -0.2) is 4.79 Å². The zero-order valence-corrected chi connectivity index (χ0v) is 14.7. The number of ether oxygens (including phenoxy) is 1. The highest BCUT2D eigenvalue weighted by atomic mass is 16.5. The van der Waals surface area contributed by atoms with Crippen LogP contribution in [0.3, 0.4) is 0 Å². The molecule has 3 heterocycles. The summed E-state index contributed by atoms with van der Waals surface area (Å²) in [6, 6.07) is 10.3. The lowest BCUT2D eigenvalue weighted by atomic mass is 9.73. The van der Waals surface area contributed by atoms with Gasteiger partial charge < -0.3 is 19.4 Å². The third kappa shape index (κ3) is 2.68. The van der Waals surface area contributed by atoms with Gasteiger partial charge >= 0.3 is 6.03 Å². The molecule has 3 fully saturated rings. The van der Waals surface area contributed by atoms with Gasteiger partial charge in [-0.15, -0.1) is 0 Å². The summed E-state index contributed by atoms with van der Waals surface area (Å²) in [5, 5.41) is 0. The van der Waals surface area contributed by atoms with Gasteiger partial charge in [0.15, 0.2) is 0 Å². The molecule has 0 unspecified atom stereocenters. The molecule has 6 heteroatoms. The van der Waals surface area contributed by atoms with E-state index in [4.69, 9.17) is 4.74 Å². The third-order valence-corrected chi connectivity index (χ3v) is 5.95. The van der Waals surface area contributed by atoms with Crippen molar-refractivity contribution in [2.75, 3.05) is 53.0 Å². The Bertz CT molecular complexity index is 659. The lowest BCUT2D eigenvalue weighted by Gasteiger charge is -2.33. The van der Waals surface area contributed by atoms with Gasteiger partial charge in [0, 0.05) is 45.7 Å². The number of likely N-dealkylation sites (tertiary alicyclic amines) is 2. The second-order valence-electron chi connectivity index (χ2n) is 7.36. The molecular weight excluding hydrogens is 318 g/mol. The van der Waals surface area contributed by atoms with Gasteiger partial charge in [-0.1, -0.05) is 30.3 Å². The van der Waals surface area contributed by atoms with Crippen molar-refractivity contribution in [2.24, 2.45) is 5.41 Å². The van der Waals surface area contributed by atoms with Crippen LogP contribution in [0.2, 0.25) is 0 Å². The lowest BCUT2D eigenvalue weighted by Crippen LogP contribution is -2.48. The average Bonchev–Trinajstić information content (AvgIpc) is 3.21. The second kappa shape index (κ2) is 6.33. The molecule has 4 rings (SSSR count). The molecule has 1 aromatic carbocycles. The first-order chi connectivity index (χ1) is 12.1. The Hall–Kier alpha value is -2.08. The van der Waals surface area contributed by atoms with E-state index in [1.807, 2.05) is 39.9 Å². The Morgan fingerprint density at radius 2 is 1.84 bits per heavy atom. The molecule has 25 heavy (non-hydrogen) atoms. The maximum atomic E-state index is 13.0. The number of morpholine rings is 1. The summed E-state index contributed by atoms with van der Waals surface area (Å²) in [6.07, 6.45) is 0.742. The van der Waals surface area contributed by atoms with E-state index in [9.17, 15) is 9.59 Å². The first-order valence-corrected chi connectivity index (χ1v) is 9.04. The second-order valence-corrected chi connectivity index (χ2v) is 7.36. The highest BCUT2D eigenvalue weighted by molar-refractivity contribution is 5.88. The molecule has 134 valence electrons. The highest BCUT2D eigenvalue weighted by Gasteiger charge is 2.57. The summed E-state index contributed by atoms with van der Waals surface area (Å²) in [7, 11) is 1.87. The highest BCUT2D eigenvalue weighted by Crippen LogP contribution is 2.49. The molecule has 6 nitrogen and oxygen atoms in total. The number of urea groups is 1. The number of hydrogen-bond donors (Lipinski definition) is 0. The van der Waals surface area contributed by atoms with E-state index in [2.05, 4.69) is 12.1 Å². The summed E-state index contributed by atoms with van der Waals surface area (Å²) < 4.78 is 5.34. The smallest absolute Gasteiger partial charge is 0.320 e. The van der Waals surface area contributed by atoms with Crippen LogP contribution in [0.5, 0.6) is 0 Å². The molecule has 3 saturated heterocycles. The SMILES string of the molecule is CN1C[C@H](c2ccccc2)[C@@]2(CCN(C(=O)N3CCOCC3)C2)C1=O. The Labute approximate surface area is 148 Å². The van der Waals surface area contributed by atoms with Crippen LogP contribution in [-0.4, -0.2) is 79.6 Å². The summed E-state index contributed by atoms with van der Waals surface area (Å²) in [5.74, 6) is 0.326. The first kappa shape index (κ1) is 16.4. The van der Waals surface area contributed by atoms with Crippen molar-refractivity contribution in [1.82, 2.24) is 14.7 Å². The van der Waals surface area contributed by atoms with Gasteiger partial charge in [-0.05, 0) is 12.0 Å². The summed E-state index contributed by atoms with van der Waals surface area (Å²) in [4.78, 5) is 31.4. The van der Waals surface area contributed by atoms with Crippen LogP contribution in [0.4, 0.5) is 4.79 Å². The maximum Gasteiger partial charge on any atom is 0.320 e. The fourth-order valence-electron chi connectivity index (χ4n) is 4.58. The molecule has 2 atom stereocenters. The van der Waals surface area contributed by atoms with Crippen molar-refractivity contribution in [1.29, 1.82) is 0 Å². The van der Waals surface area contributed by atoms with E-state index in [0.717, 1.165) is 13.0 Å². The van der Waals surface area contributed by atoms with Crippen molar-refractivity contribution in [3.63, 3.8) is 0 Å². The van der Waals surface area contributed by atoms with Crippen molar-refractivity contribution < 1.29 is 14.3 Å². The number of amides is 3. The molecular formula is C19H25N3O3. The van der Waals surface area contributed by atoms with Gasteiger partial charge in [0.25, 0.3) is 0 Å². The van der Waals surface area contributed by atoms with Gasteiger partial charge in [0.1, 0.15) is 0 Å². The standard InChI is InChI=1S/C19H25N3O3/c1-20-13-16(15-5-3-2-4-6-15)19(17(20)23)7-8-22(14-19)18(24)21-9-11-25-12-10-21/h2-6,16H,7-14H2,1H3/t16-,19+/m1/s1. The third-order valence-electron chi connectivity index (χ3n) is 5.95. The number of nitrogens with zero attached hydrogens (tertiary/aromatic N) is 3. The molecule has 0 saturated carbocycles. The van der Waals surface area contributed by atoms with Crippen molar-refractivity contribution in [3.05, 3.63) is 35.9 Å². The maximum absolute atomic E-state index is 13.0. The molecule has 3 amide bonds. The fourth-order valence-corrected chi connectivity index (χ4v) is 4.58. The average molecular weight is 343 g/mol. The molecule has 3 aliphatic heterocycles. The van der Waals surface area contributed by atoms with Crippen LogP contribution in [0, 0.1) is 5.41 Å². The van der Waals surface area contributed by atoms with Crippen LogP contribution in [0.25, 0.3) is 0 Å². The van der Waals surface area contributed by atoms with Crippen LogP contribution in [0.1, 0.15) is 17.9 Å². The van der Waals surface area contributed by atoms with Gasteiger partial charge in [-0.2, -0.15) is 0 Å². The molecule has 0 N–H and O–H groups in total. The minimum absolute atomic E-state index is 0.0503. The minimum atomic E-state index is -0.474. The molecule has 1 spiro atoms. The Balaban J connectivity index is 1.57. The molecule has 1 aromatic rings. The van der Waals surface area contributed by atoms with E-state index in [-0.39, 0.29) is 17.9 Å². The van der Waals surface area contributed by atoms with Gasteiger partial charge in [0.05, 0.1) is 18.6 Å². The molecule has 0 aliphatic carbocycles. The minimum Gasteiger partial charge on any atom is -0.378 e. The topological polar surface area (TPSA) is 53.1 Å². The first-order valence-electron chi connectivity index (χ1n) is 9.04. The van der Waals surface area contributed by atoms with Crippen LogP contribution in [0.15, 0.2) is 30.3 Å². The number of likely N-dealkylation sites (N-methyl/N-ethyl adjacent to an activating group) is 1. The van der Waals surface area contributed by atoms with Crippen molar-refractivity contribution >= 4 is 11.9 Å². The fraction of sp³-hybridized carbons (Fsp3) is 0.579. The van der Waals surface area contributed by atoms with E-state index >= 15 is 0 Å². The van der Waals surface area contributed by atoms with Crippen molar-refractivity contribution in [2.45, 2.75) is 12.3 Å². The van der Waals surface area contributed by atoms with E-state index < -0.39 is 5.41 Å². The number of rotatable bonds is 1. The number of hydrogen-bond acceptors (Lipinski definition) is 3. The van der Waals surface area contributed by atoms with Crippen molar-refractivity contribution in [3.8, 4) is 0 Å². The largest absolute Gasteiger partial charge is 0.378 e. The molecule has 0 radical (unpaired) electrons. The molecule has 3 aliphatic rings. The van der Waals surface area contributed by atoms with Gasteiger partial charge in [0.2, 0.25) is 5.91 Å². The van der Waals surface area contributed by atoms with E-state index in [1.165, 1.54) is 5.56 Å². The molecule has 0 aromatic heterocycles.